The van der Waals surface area contributed by atoms with Crippen molar-refractivity contribution in [1.82, 2.24) is 9.97 Å². The van der Waals surface area contributed by atoms with Crippen LogP contribution in [-0.2, 0) is 16.1 Å². The Balaban J connectivity index is 1.90. The largest absolute Gasteiger partial charge is 0.390 e. The van der Waals surface area contributed by atoms with E-state index in [-0.39, 0.29) is 11.8 Å². The van der Waals surface area contributed by atoms with Gasteiger partial charge in [0.15, 0.2) is 6.10 Å². The second kappa shape index (κ2) is 5.64. The second-order valence-corrected chi connectivity index (χ2v) is 4.36. The minimum absolute atomic E-state index is 0.192. The predicted octanol–water partition coefficient (Wildman–Crippen LogP) is 0.390. The second-order valence-electron chi connectivity index (χ2n) is 4.36. The van der Waals surface area contributed by atoms with Crippen molar-refractivity contribution in [3.05, 3.63) is 17.6 Å². The molecule has 19 heavy (non-hydrogen) atoms. The first-order valence-electron chi connectivity index (χ1n) is 6.19. The average Bonchev–Trinajstić information content (AvgIpc) is 2.84. The Morgan fingerprint density at radius 2 is 2.37 bits per heavy atom. The number of oxime groups is 1. The molecule has 1 amide bonds. The fourth-order valence-electron chi connectivity index (χ4n) is 1.80. The molecule has 7 nitrogen and oxygen atoms in total. The predicted molar refractivity (Wildman–Crippen MR) is 70.8 cm³/mol. The molecule has 1 aliphatic rings. The molecule has 1 aromatic rings. The van der Waals surface area contributed by atoms with E-state index in [4.69, 9.17) is 10.6 Å². The van der Waals surface area contributed by atoms with E-state index in [1.165, 1.54) is 0 Å². The normalized spacial score (nSPS) is 17.8. The van der Waals surface area contributed by atoms with Crippen LogP contribution in [-0.4, -0.2) is 34.2 Å². The third-order valence-electron chi connectivity index (χ3n) is 2.78. The smallest absolute Gasteiger partial charge is 0.266 e. The van der Waals surface area contributed by atoms with Crippen LogP contribution in [0, 0.1) is 6.92 Å². The Bertz CT molecular complexity index is 515. The molecular formula is C12H17N5O2. The fourth-order valence-corrected chi connectivity index (χ4v) is 1.80. The number of hydrogen-bond acceptors (Lipinski definition) is 6. The lowest BCUT2D eigenvalue weighted by Crippen LogP contribution is -2.26. The molecular weight excluding hydrogens is 246 g/mol. The third-order valence-corrected chi connectivity index (χ3v) is 2.78. The van der Waals surface area contributed by atoms with E-state index in [1.54, 1.807) is 0 Å². The van der Waals surface area contributed by atoms with Crippen LogP contribution in [0.15, 0.2) is 11.2 Å². The minimum atomic E-state index is -0.534. The highest BCUT2D eigenvalue weighted by atomic mass is 16.6. The number of amides is 1. The summed E-state index contributed by atoms with van der Waals surface area (Å²) in [6.07, 6.45) is 1.09. The number of nitrogens with one attached hydrogen (secondary N) is 1. The van der Waals surface area contributed by atoms with Gasteiger partial charge in [-0.2, -0.15) is 0 Å². The number of carbonyl (C=O) groups excluding carboxylic acids is 1. The zero-order valence-electron chi connectivity index (χ0n) is 11.0. The molecule has 0 saturated heterocycles. The molecule has 7 heteroatoms. The van der Waals surface area contributed by atoms with Crippen molar-refractivity contribution < 1.29 is 9.63 Å². The lowest BCUT2D eigenvalue weighted by Gasteiger charge is -2.11. The summed E-state index contributed by atoms with van der Waals surface area (Å²) in [5, 5.41) is 6.81. The molecule has 0 aromatic carbocycles. The lowest BCUT2D eigenvalue weighted by molar-refractivity contribution is -0.112. The first kappa shape index (κ1) is 13.3. The quantitative estimate of drug-likeness (QED) is 0.800. The van der Waals surface area contributed by atoms with Gasteiger partial charge < -0.3 is 15.9 Å². The number of nitrogens with two attached hydrogens (primary N) is 1. The Kier molecular flexibility index (Phi) is 3.94. The van der Waals surface area contributed by atoms with Crippen molar-refractivity contribution in [2.45, 2.75) is 32.8 Å². The minimum Gasteiger partial charge on any atom is -0.390 e. The van der Waals surface area contributed by atoms with Gasteiger partial charge in [-0.25, -0.2) is 9.97 Å². The topological polar surface area (TPSA) is 102 Å². The van der Waals surface area contributed by atoms with Crippen molar-refractivity contribution in [2.75, 3.05) is 11.9 Å². The number of primary amides is 1. The summed E-state index contributed by atoms with van der Waals surface area (Å²) < 4.78 is 0. The van der Waals surface area contributed by atoms with E-state index < -0.39 is 5.91 Å². The van der Waals surface area contributed by atoms with Crippen LogP contribution in [0.2, 0.25) is 0 Å². The van der Waals surface area contributed by atoms with Crippen LogP contribution in [0.4, 0.5) is 5.82 Å². The number of aryl methyl sites for hydroxylation is 2. The first-order valence-corrected chi connectivity index (χ1v) is 6.19. The monoisotopic (exact) mass is 263 g/mol. The molecule has 1 aliphatic heterocycles. The summed E-state index contributed by atoms with van der Waals surface area (Å²) in [6, 6.07) is 1.90. The molecule has 102 valence electrons. The highest BCUT2D eigenvalue weighted by Crippen LogP contribution is 2.12. The summed E-state index contributed by atoms with van der Waals surface area (Å²) >= 11 is 0. The van der Waals surface area contributed by atoms with Gasteiger partial charge in [-0.1, -0.05) is 12.1 Å². The molecule has 0 spiro atoms. The highest BCUT2D eigenvalue weighted by molar-refractivity contribution is 6.38. The zero-order chi connectivity index (χ0) is 13.8. The third kappa shape index (κ3) is 3.40. The van der Waals surface area contributed by atoms with Gasteiger partial charge in [0.05, 0.1) is 6.54 Å². The number of nitrogens with zero attached hydrogens (tertiary/aromatic N) is 3. The van der Waals surface area contributed by atoms with Gasteiger partial charge >= 0.3 is 0 Å². The zero-order valence-corrected chi connectivity index (χ0v) is 11.0. The van der Waals surface area contributed by atoms with Crippen LogP contribution in [0.5, 0.6) is 0 Å². The highest BCUT2D eigenvalue weighted by Gasteiger charge is 2.24. The average molecular weight is 263 g/mol. The summed E-state index contributed by atoms with van der Waals surface area (Å²) in [5.74, 6) is 0.942. The molecule has 2 rings (SSSR count). The molecule has 3 N–H and O–H groups in total. The number of anilines is 1. The van der Waals surface area contributed by atoms with Gasteiger partial charge in [0, 0.05) is 18.2 Å². The Hall–Kier alpha value is -2.18. The number of hydrogen-bond donors (Lipinski definition) is 2. The summed E-state index contributed by atoms with van der Waals surface area (Å²) in [7, 11) is 0. The van der Waals surface area contributed by atoms with Crippen molar-refractivity contribution in [3.63, 3.8) is 0 Å². The Labute approximate surface area is 111 Å². The first-order chi connectivity index (χ1) is 9.08. The van der Waals surface area contributed by atoms with Gasteiger partial charge in [-0.05, 0) is 13.3 Å². The van der Waals surface area contributed by atoms with E-state index >= 15 is 0 Å². The maximum absolute atomic E-state index is 10.9. The molecule has 0 aliphatic carbocycles. The standard InChI is InChI=1S/C12H17N5O2/c1-3-8-4-11(16-7(2)15-8)14-6-9-5-10(12(13)18)17-19-9/h4,9H,3,5-6H2,1-2H3,(H2,13,18)(H,14,15,16). The van der Waals surface area contributed by atoms with E-state index in [9.17, 15) is 4.79 Å². The summed E-state index contributed by atoms with van der Waals surface area (Å²) in [6.45, 7) is 4.41. The molecule has 0 fully saturated rings. The van der Waals surface area contributed by atoms with Gasteiger partial charge in [0.25, 0.3) is 5.91 Å². The van der Waals surface area contributed by atoms with Crippen molar-refractivity contribution in [2.24, 2.45) is 10.9 Å². The Morgan fingerprint density at radius 3 is 3.00 bits per heavy atom. The molecule has 1 atom stereocenters. The molecule has 1 unspecified atom stereocenters. The van der Waals surface area contributed by atoms with Crippen LogP contribution in [0.25, 0.3) is 0 Å². The van der Waals surface area contributed by atoms with Crippen molar-refractivity contribution in [1.29, 1.82) is 0 Å². The number of carbonyl (C=O) groups is 1. The van der Waals surface area contributed by atoms with Crippen LogP contribution >= 0.6 is 0 Å². The molecule has 0 radical (unpaired) electrons. The van der Waals surface area contributed by atoms with Gasteiger partial charge in [-0.15, -0.1) is 0 Å². The summed E-state index contributed by atoms with van der Waals surface area (Å²) in [4.78, 5) is 24.6. The van der Waals surface area contributed by atoms with Crippen LogP contribution in [0.3, 0.4) is 0 Å². The molecule has 0 saturated carbocycles. The van der Waals surface area contributed by atoms with Crippen LogP contribution in [0.1, 0.15) is 24.9 Å². The van der Waals surface area contributed by atoms with E-state index in [0.717, 1.165) is 23.8 Å². The number of rotatable bonds is 5. The van der Waals surface area contributed by atoms with Gasteiger partial charge in [0.1, 0.15) is 17.4 Å². The van der Waals surface area contributed by atoms with E-state index in [1.807, 2.05) is 19.9 Å². The lowest BCUT2D eigenvalue weighted by atomic mass is 10.2. The van der Waals surface area contributed by atoms with Gasteiger partial charge in [-0.3, -0.25) is 4.79 Å². The summed E-state index contributed by atoms with van der Waals surface area (Å²) in [5.41, 5.74) is 6.39. The maximum atomic E-state index is 10.9. The van der Waals surface area contributed by atoms with Crippen molar-refractivity contribution in [3.8, 4) is 0 Å². The Morgan fingerprint density at radius 1 is 1.58 bits per heavy atom. The fraction of sp³-hybridized carbons (Fsp3) is 0.500. The maximum Gasteiger partial charge on any atom is 0.266 e. The molecule has 0 bridgehead atoms. The van der Waals surface area contributed by atoms with Crippen LogP contribution < -0.4 is 11.1 Å². The molecule has 1 aromatic heterocycles. The van der Waals surface area contributed by atoms with E-state index in [0.29, 0.717) is 13.0 Å². The number of aromatic nitrogens is 2. The molecule has 2 heterocycles. The van der Waals surface area contributed by atoms with Crippen molar-refractivity contribution >= 4 is 17.4 Å². The van der Waals surface area contributed by atoms with E-state index in [2.05, 4.69) is 20.4 Å². The van der Waals surface area contributed by atoms with Gasteiger partial charge in [0.2, 0.25) is 0 Å². The SMILES string of the molecule is CCc1cc(NCC2CC(C(N)=O)=NO2)nc(C)n1.